The Morgan fingerprint density at radius 1 is 1.11 bits per heavy atom. The Hall–Kier alpha value is -3.32. The summed E-state index contributed by atoms with van der Waals surface area (Å²) >= 11 is 0. The maximum absolute atomic E-state index is 13.1. The van der Waals surface area contributed by atoms with E-state index in [1.165, 1.54) is 4.90 Å². The third-order valence-electron chi connectivity index (χ3n) is 6.46. The van der Waals surface area contributed by atoms with Crippen molar-refractivity contribution < 1.29 is 28.9 Å². The summed E-state index contributed by atoms with van der Waals surface area (Å²) in [6.45, 7) is 5.27. The summed E-state index contributed by atoms with van der Waals surface area (Å²) in [6, 6.07) is 12.0. The number of carbonyl (C=O) groups is 2. The molecule has 2 aliphatic heterocycles. The number of benzene rings is 2. The summed E-state index contributed by atoms with van der Waals surface area (Å²) in [6.07, 6.45) is 4.00. The number of carbonyl (C=O) groups excluding carboxylic acids is 2. The maximum atomic E-state index is 13.1. The van der Waals surface area contributed by atoms with E-state index in [4.69, 9.17) is 14.2 Å². The SMILES string of the molecule is CCCCCOc1ccc([C@H]2C(=C(O)c3ccc4c(c3)C[C@H](C)O4)C(=O)C(=O)N2CCOC)cc1. The Bertz CT molecular complexity index is 1110. The van der Waals surface area contributed by atoms with Crippen LogP contribution in [0.4, 0.5) is 0 Å². The van der Waals surface area contributed by atoms with Gasteiger partial charge >= 0.3 is 0 Å². The van der Waals surface area contributed by atoms with Crippen LogP contribution in [-0.2, 0) is 20.7 Å². The zero-order valence-corrected chi connectivity index (χ0v) is 20.6. The van der Waals surface area contributed by atoms with Crippen molar-refractivity contribution in [1.29, 1.82) is 0 Å². The number of fused-ring (bicyclic) bond motifs is 1. The number of methoxy groups -OCH3 is 1. The molecule has 2 atom stereocenters. The first kappa shape index (κ1) is 24.8. The number of ketones is 1. The fourth-order valence-electron chi connectivity index (χ4n) is 4.66. The molecule has 186 valence electrons. The highest BCUT2D eigenvalue weighted by Crippen LogP contribution is 2.40. The summed E-state index contributed by atoms with van der Waals surface area (Å²) < 4.78 is 16.7. The molecule has 0 spiro atoms. The number of Topliss-reactive ketones (excluding diaryl/α,β-unsaturated/α-hetero) is 1. The third kappa shape index (κ3) is 5.20. The number of nitrogens with zero attached hydrogens (tertiary/aromatic N) is 1. The van der Waals surface area contributed by atoms with Crippen molar-refractivity contribution >= 4 is 17.4 Å². The number of ether oxygens (including phenoxy) is 3. The van der Waals surface area contributed by atoms with Gasteiger partial charge in [0.2, 0.25) is 0 Å². The van der Waals surface area contributed by atoms with Gasteiger partial charge in [-0.3, -0.25) is 9.59 Å². The monoisotopic (exact) mass is 479 g/mol. The van der Waals surface area contributed by atoms with Gasteiger partial charge in [0.1, 0.15) is 23.4 Å². The molecule has 0 aromatic heterocycles. The Kier molecular flexibility index (Phi) is 7.76. The Labute approximate surface area is 206 Å². The lowest BCUT2D eigenvalue weighted by Gasteiger charge is -2.25. The van der Waals surface area contributed by atoms with Crippen molar-refractivity contribution in [3.8, 4) is 11.5 Å². The second-order valence-corrected chi connectivity index (χ2v) is 9.06. The molecular formula is C28H33NO6. The van der Waals surface area contributed by atoms with E-state index in [1.54, 1.807) is 19.2 Å². The van der Waals surface area contributed by atoms with E-state index < -0.39 is 17.7 Å². The fraction of sp³-hybridized carbons (Fsp3) is 0.429. The Morgan fingerprint density at radius 3 is 2.60 bits per heavy atom. The van der Waals surface area contributed by atoms with E-state index in [0.717, 1.165) is 48.3 Å². The first-order chi connectivity index (χ1) is 16.9. The van der Waals surface area contributed by atoms with Crippen LogP contribution in [0.2, 0.25) is 0 Å². The average molecular weight is 480 g/mol. The normalized spacial score (nSPS) is 20.7. The van der Waals surface area contributed by atoms with Gasteiger partial charge in [0.05, 0.1) is 24.8 Å². The number of aliphatic hydroxyl groups is 1. The molecule has 0 unspecified atom stereocenters. The second kappa shape index (κ2) is 11.0. The molecule has 1 N–H and O–H groups in total. The van der Waals surface area contributed by atoms with E-state index in [9.17, 15) is 14.7 Å². The van der Waals surface area contributed by atoms with Gasteiger partial charge in [0, 0.05) is 25.6 Å². The lowest BCUT2D eigenvalue weighted by atomic mass is 9.94. The lowest BCUT2D eigenvalue weighted by Crippen LogP contribution is -2.32. The summed E-state index contributed by atoms with van der Waals surface area (Å²) in [5, 5.41) is 11.3. The molecule has 2 aromatic carbocycles. The van der Waals surface area contributed by atoms with E-state index in [2.05, 4.69) is 6.92 Å². The van der Waals surface area contributed by atoms with Crippen molar-refractivity contribution in [2.75, 3.05) is 26.9 Å². The van der Waals surface area contributed by atoms with Crippen LogP contribution < -0.4 is 9.47 Å². The van der Waals surface area contributed by atoms with E-state index in [1.807, 2.05) is 37.3 Å². The van der Waals surface area contributed by atoms with Gasteiger partial charge in [-0.1, -0.05) is 31.9 Å². The standard InChI is InChI=1S/C28H33NO6/c1-4-5-6-14-34-22-10-7-19(8-11-22)25-24(27(31)28(32)29(25)13-15-33-3)26(30)20-9-12-23-21(17-20)16-18(2)35-23/h7-12,17-18,25,30H,4-6,13-16H2,1-3H3/t18-,25-/m0/s1. The minimum Gasteiger partial charge on any atom is -0.507 e. The largest absolute Gasteiger partial charge is 0.507 e. The van der Waals surface area contributed by atoms with Crippen LogP contribution in [0, 0.1) is 0 Å². The summed E-state index contributed by atoms with van der Waals surface area (Å²) in [5.41, 5.74) is 2.26. The zero-order chi connectivity index (χ0) is 24.9. The molecule has 0 bridgehead atoms. The van der Waals surface area contributed by atoms with Crippen molar-refractivity contribution in [2.24, 2.45) is 0 Å². The number of hydrogen-bond acceptors (Lipinski definition) is 6. The van der Waals surface area contributed by atoms with Gasteiger partial charge in [-0.2, -0.15) is 0 Å². The van der Waals surface area contributed by atoms with E-state index in [0.29, 0.717) is 12.2 Å². The number of unbranched alkanes of at least 4 members (excludes halogenated alkanes) is 2. The molecule has 1 fully saturated rings. The molecule has 7 nitrogen and oxygen atoms in total. The molecule has 4 rings (SSSR count). The summed E-state index contributed by atoms with van der Waals surface area (Å²) in [4.78, 5) is 27.6. The molecule has 0 saturated carbocycles. The van der Waals surface area contributed by atoms with Gasteiger partial charge in [-0.05, 0) is 54.8 Å². The van der Waals surface area contributed by atoms with Crippen LogP contribution in [0.25, 0.3) is 5.76 Å². The van der Waals surface area contributed by atoms with E-state index in [-0.39, 0.29) is 30.6 Å². The predicted molar refractivity (Wildman–Crippen MR) is 133 cm³/mol. The summed E-state index contributed by atoms with van der Waals surface area (Å²) in [7, 11) is 1.55. The minimum absolute atomic E-state index is 0.0599. The molecule has 1 amide bonds. The molecule has 1 saturated heterocycles. The number of likely N-dealkylation sites (tertiary alicyclic amines) is 1. The molecule has 2 aromatic rings. The molecule has 0 radical (unpaired) electrons. The molecule has 2 aliphatic rings. The zero-order valence-electron chi connectivity index (χ0n) is 20.6. The van der Waals surface area contributed by atoms with Crippen LogP contribution in [0.15, 0.2) is 48.0 Å². The highest BCUT2D eigenvalue weighted by atomic mass is 16.5. The number of rotatable bonds is 10. The van der Waals surface area contributed by atoms with Crippen molar-refractivity contribution in [1.82, 2.24) is 4.90 Å². The second-order valence-electron chi connectivity index (χ2n) is 9.06. The van der Waals surface area contributed by atoms with Crippen molar-refractivity contribution in [3.05, 3.63) is 64.7 Å². The third-order valence-corrected chi connectivity index (χ3v) is 6.46. The minimum atomic E-state index is -0.720. The van der Waals surface area contributed by atoms with Crippen molar-refractivity contribution in [3.63, 3.8) is 0 Å². The molecular weight excluding hydrogens is 446 g/mol. The smallest absolute Gasteiger partial charge is 0.295 e. The first-order valence-corrected chi connectivity index (χ1v) is 12.2. The lowest BCUT2D eigenvalue weighted by molar-refractivity contribution is -0.140. The predicted octanol–water partition coefficient (Wildman–Crippen LogP) is 4.65. The van der Waals surface area contributed by atoms with Gasteiger partial charge < -0.3 is 24.2 Å². The molecule has 7 heteroatoms. The summed E-state index contributed by atoms with van der Waals surface area (Å²) in [5.74, 6) is -0.0251. The van der Waals surface area contributed by atoms with Crippen LogP contribution in [0.1, 0.15) is 55.8 Å². The molecule has 0 aliphatic carbocycles. The van der Waals surface area contributed by atoms with E-state index >= 15 is 0 Å². The van der Waals surface area contributed by atoms with Gasteiger partial charge in [-0.25, -0.2) is 0 Å². The highest BCUT2D eigenvalue weighted by molar-refractivity contribution is 6.46. The van der Waals surface area contributed by atoms with Crippen LogP contribution >= 0.6 is 0 Å². The van der Waals surface area contributed by atoms with Crippen LogP contribution in [0.3, 0.4) is 0 Å². The average Bonchev–Trinajstić information content (AvgIpc) is 3.36. The Morgan fingerprint density at radius 2 is 1.89 bits per heavy atom. The van der Waals surface area contributed by atoms with Crippen molar-refractivity contribution in [2.45, 2.75) is 51.7 Å². The van der Waals surface area contributed by atoms with Gasteiger partial charge in [-0.15, -0.1) is 0 Å². The van der Waals surface area contributed by atoms with Gasteiger partial charge in [0.15, 0.2) is 0 Å². The Balaban J connectivity index is 1.69. The van der Waals surface area contributed by atoms with Crippen LogP contribution in [0.5, 0.6) is 11.5 Å². The van der Waals surface area contributed by atoms with Crippen LogP contribution in [-0.4, -0.2) is 54.7 Å². The van der Waals surface area contributed by atoms with Gasteiger partial charge in [0.25, 0.3) is 11.7 Å². The number of amides is 1. The quantitative estimate of drug-likeness (QED) is 0.231. The number of hydrogen-bond donors (Lipinski definition) is 1. The number of aliphatic hydroxyl groups excluding tert-OH is 1. The first-order valence-electron chi connectivity index (χ1n) is 12.2. The molecule has 35 heavy (non-hydrogen) atoms. The maximum Gasteiger partial charge on any atom is 0.295 e. The highest BCUT2D eigenvalue weighted by Gasteiger charge is 2.46. The topological polar surface area (TPSA) is 85.3 Å². The fourth-order valence-corrected chi connectivity index (χ4v) is 4.66. The molecule has 2 heterocycles.